The van der Waals surface area contributed by atoms with Crippen molar-refractivity contribution in [3.05, 3.63) is 29.6 Å². The number of carbonyl (C=O) groups excluding carboxylic acids is 1. The molecule has 0 aliphatic heterocycles. The third kappa shape index (κ3) is 4.37. The number of esters is 1. The van der Waals surface area contributed by atoms with Crippen LogP contribution in [0.3, 0.4) is 0 Å². The van der Waals surface area contributed by atoms with Gasteiger partial charge >= 0.3 is 5.97 Å². The van der Waals surface area contributed by atoms with E-state index in [1.54, 1.807) is 6.92 Å². The highest BCUT2D eigenvalue weighted by atomic mass is 19.2. The normalized spacial score (nSPS) is 13.8. The summed E-state index contributed by atoms with van der Waals surface area (Å²) >= 11 is 0. The van der Waals surface area contributed by atoms with Crippen molar-refractivity contribution < 1.29 is 22.7 Å². The Hall–Kier alpha value is -1.76. The highest BCUT2D eigenvalue weighted by Gasteiger charge is 2.22. The van der Waals surface area contributed by atoms with Crippen molar-refractivity contribution in [3.8, 4) is 0 Å². The Labute approximate surface area is 128 Å². The molecule has 7 heteroatoms. The Bertz CT molecular complexity index is 522. The third-order valence-electron chi connectivity index (χ3n) is 3.37. The van der Waals surface area contributed by atoms with Crippen molar-refractivity contribution in [3.63, 3.8) is 0 Å². The zero-order valence-electron chi connectivity index (χ0n) is 13.1. The van der Waals surface area contributed by atoms with Gasteiger partial charge < -0.3 is 10.1 Å². The summed E-state index contributed by atoms with van der Waals surface area (Å²) in [6.07, 6.45) is -0.429. The summed E-state index contributed by atoms with van der Waals surface area (Å²) in [5.74, 6) is -4.84. The van der Waals surface area contributed by atoms with Crippen molar-refractivity contribution in [2.45, 2.75) is 40.0 Å². The number of nitrogens with one attached hydrogen (secondary N) is 1. The molecule has 1 rings (SSSR count). The maximum absolute atomic E-state index is 13.5. The van der Waals surface area contributed by atoms with Crippen LogP contribution in [0.4, 0.5) is 18.9 Å². The number of anilines is 1. The number of rotatable bonds is 7. The van der Waals surface area contributed by atoms with E-state index in [0.29, 0.717) is 13.1 Å². The minimum absolute atomic E-state index is 0.293. The molecule has 0 fully saturated rings. The summed E-state index contributed by atoms with van der Waals surface area (Å²) in [6.45, 7) is 8.49. The van der Waals surface area contributed by atoms with Crippen molar-refractivity contribution >= 4 is 11.7 Å². The van der Waals surface area contributed by atoms with Crippen molar-refractivity contribution in [2.24, 2.45) is 0 Å². The zero-order chi connectivity index (χ0) is 16.9. The Kier molecular flexibility index (Phi) is 6.67. The Morgan fingerprint density at radius 1 is 1.18 bits per heavy atom. The predicted octanol–water partition coefficient (Wildman–Crippen LogP) is 3.14. The molecule has 1 aromatic rings. The first kappa shape index (κ1) is 18.3. The quantitative estimate of drug-likeness (QED) is 0.476. The lowest BCUT2D eigenvalue weighted by atomic mass is 10.2. The summed E-state index contributed by atoms with van der Waals surface area (Å²) in [6, 6.07) is 0.917. The van der Waals surface area contributed by atoms with E-state index in [-0.39, 0.29) is 5.69 Å². The lowest BCUT2D eigenvalue weighted by Gasteiger charge is -2.27. The molecule has 0 spiro atoms. The molecule has 0 amide bonds. The average Bonchev–Trinajstić information content (AvgIpc) is 2.48. The number of hydrogen-bond donors (Lipinski definition) is 1. The van der Waals surface area contributed by atoms with Gasteiger partial charge in [0.1, 0.15) is 6.04 Å². The van der Waals surface area contributed by atoms with E-state index in [0.717, 1.165) is 12.1 Å². The number of nitrogens with zero attached hydrogens (tertiary/aromatic N) is 1. The van der Waals surface area contributed by atoms with Crippen LogP contribution in [-0.2, 0) is 9.53 Å². The molecule has 0 radical (unpaired) electrons. The standard InChI is InChI=1S/C15H21F3N2O2/c1-5-20(6-2)10(4)22-15(21)9(3)19-12-8-7-11(16)13(17)14(12)18/h7-10,19H,5-6H2,1-4H3/t9-,10-/m0/s1. The predicted molar refractivity (Wildman–Crippen MR) is 77.9 cm³/mol. The number of carbonyl (C=O) groups is 1. The second-order valence-electron chi connectivity index (χ2n) is 4.85. The smallest absolute Gasteiger partial charge is 0.329 e. The first-order valence-corrected chi connectivity index (χ1v) is 7.16. The summed E-state index contributed by atoms with van der Waals surface area (Å²) < 4.78 is 44.8. The van der Waals surface area contributed by atoms with Gasteiger partial charge in [-0.25, -0.2) is 18.0 Å². The zero-order valence-corrected chi connectivity index (χ0v) is 13.1. The molecule has 0 aliphatic carbocycles. The van der Waals surface area contributed by atoms with Crippen LogP contribution in [0.15, 0.2) is 12.1 Å². The number of halogens is 3. The second-order valence-corrected chi connectivity index (χ2v) is 4.85. The molecule has 0 heterocycles. The van der Waals surface area contributed by atoms with Gasteiger partial charge in [0.2, 0.25) is 0 Å². The van der Waals surface area contributed by atoms with Crippen LogP contribution in [-0.4, -0.2) is 36.2 Å². The molecule has 2 atom stereocenters. The monoisotopic (exact) mass is 318 g/mol. The molecule has 124 valence electrons. The average molecular weight is 318 g/mol. The summed E-state index contributed by atoms with van der Waals surface area (Å²) in [5.41, 5.74) is -0.293. The van der Waals surface area contributed by atoms with E-state index in [2.05, 4.69) is 5.32 Å². The molecule has 4 nitrogen and oxygen atoms in total. The molecular formula is C15H21F3N2O2. The molecule has 0 saturated carbocycles. The minimum atomic E-state index is -1.58. The van der Waals surface area contributed by atoms with Gasteiger partial charge in [-0.3, -0.25) is 4.90 Å². The lowest BCUT2D eigenvalue weighted by molar-refractivity contribution is -0.157. The van der Waals surface area contributed by atoms with E-state index in [9.17, 15) is 18.0 Å². The van der Waals surface area contributed by atoms with Crippen LogP contribution in [0.1, 0.15) is 27.7 Å². The molecule has 0 aromatic heterocycles. The molecular weight excluding hydrogens is 297 g/mol. The molecule has 22 heavy (non-hydrogen) atoms. The second kappa shape index (κ2) is 8.03. The SMILES string of the molecule is CCN(CC)[C@H](C)OC(=O)[C@H](C)Nc1ccc(F)c(F)c1F. The third-order valence-corrected chi connectivity index (χ3v) is 3.37. The molecule has 0 saturated heterocycles. The Balaban J connectivity index is 2.71. The first-order chi connectivity index (χ1) is 10.3. The van der Waals surface area contributed by atoms with E-state index in [1.165, 1.54) is 6.92 Å². The van der Waals surface area contributed by atoms with Crippen LogP contribution in [0, 0.1) is 17.5 Å². The Morgan fingerprint density at radius 2 is 1.77 bits per heavy atom. The number of ether oxygens (including phenoxy) is 1. The highest BCUT2D eigenvalue weighted by Crippen LogP contribution is 2.20. The van der Waals surface area contributed by atoms with E-state index < -0.39 is 35.7 Å². The van der Waals surface area contributed by atoms with Crippen molar-refractivity contribution in [2.75, 3.05) is 18.4 Å². The first-order valence-electron chi connectivity index (χ1n) is 7.16. The molecule has 0 aliphatic rings. The van der Waals surface area contributed by atoms with Crippen LogP contribution >= 0.6 is 0 Å². The van der Waals surface area contributed by atoms with E-state index in [4.69, 9.17) is 4.74 Å². The number of benzene rings is 1. The van der Waals surface area contributed by atoms with Gasteiger partial charge in [0.05, 0.1) is 5.69 Å². The van der Waals surface area contributed by atoms with Crippen LogP contribution in [0.2, 0.25) is 0 Å². The van der Waals surface area contributed by atoms with Crippen LogP contribution < -0.4 is 5.32 Å². The summed E-state index contributed by atoms with van der Waals surface area (Å²) in [4.78, 5) is 13.9. The summed E-state index contributed by atoms with van der Waals surface area (Å²) in [7, 11) is 0. The fourth-order valence-electron chi connectivity index (χ4n) is 2.01. The molecule has 1 N–H and O–H groups in total. The van der Waals surface area contributed by atoms with Gasteiger partial charge in [0.25, 0.3) is 0 Å². The van der Waals surface area contributed by atoms with Gasteiger partial charge in [0.15, 0.2) is 23.7 Å². The van der Waals surface area contributed by atoms with Crippen LogP contribution in [0.5, 0.6) is 0 Å². The maximum atomic E-state index is 13.5. The van der Waals surface area contributed by atoms with Crippen LogP contribution in [0.25, 0.3) is 0 Å². The van der Waals surface area contributed by atoms with Gasteiger partial charge in [0, 0.05) is 0 Å². The van der Waals surface area contributed by atoms with E-state index >= 15 is 0 Å². The molecule has 0 bridgehead atoms. The number of hydrogen-bond acceptors (Lipinski definition) is 4. The van der Waals surface area contributed by atoms with Gasteiger partial charge in [-0.05, 0) is 39.1 Å². The maximum Gasteiger partial charge on any atom is 0.329 e. The van der Waals surface area contributed by atoms with Gasteiger partial charge in [-0.15, -0.1) is 0 Å². The molecule has 0 unspecified atom stereocenters. The summed E-state index contributed by atoms with van der Waals surface area (Å²) in [5, 5.41) is 2.48. The fourth-order valence-corrected chi connectivity index (χ4v) is 2.01. The van der Waals surface area contributed by atoms with Gasteiger partial charge in [-0.1, -0.05) is 13.8 Å². The van der Waals surface area contributed by atoms with Crippen molar-refractivity contribution in [1.82, 2.24) is 4.90 Å². The fraction of sp³-hybridized carbons (Fsp3) is 0.533. The molecule has 1 aromatic carbocycles. The van der Waals surface area contributed by atoms with Crippen molar-refractivity contribution in [1.29, 1.82) is 0 Å². The lowest BCUT2D eigenvalue weighted by Crippen LogP contribution is -2.40. The largest absolute Gasteiger partial charge is 0.445 e. The highest BCUT2D eigenvalue weighted by molar-refractivity contribution is 5.79. The topological polar surface area (TPSA) is 41.6 Å². The van der Waals surface area contributed by atoms with Gasteiger partial charge in [-0.2, -0.15) is 0 Å². The van der Waals surface area contributed by atoms with E-state index in [1.807, 2.05) is 18.7 Å². The minimum Gasteiger partial charge on any atom is -0.445 e. The Morgan fingerprint density at radius 3 is 2.32 bits per heavy atom.